The van der Waals surface area contributed by atoms with Gasteiger partial charge in [0.2, 0.25) is 4.33 Å². The standard InChI is InChI=1S/C8H9Cl2NO5S/c1-7(2)3(4(12)13)11-5(14)8(9,10)6(11)17(7,15)16/h3,6H,1-2H3,(H,12,13)/t3-,6+/m0/s1. The molecule has 17 heavy (non-hydrogen) atoms. The lowest BCUT2D eigenvalue weighted by Crippen LogP contribution is -2.70. The molecule has 0 spiro atoms. The molecule has 6 nitrogen and oxygen atoms in total. The molecule has 0 bridgehead atoms. The van der Waals surface area contributed by atoms with Crippen molar-refractivity contribution in [1.82, 2.24) is 4.90 Å². The molecule has 96 valence electrons. The molecule has 2 fully saturated rings. The Labute approximate surface area is 107 Å². The van der Waals surface area contributed by atoms with Crippen LogP contribution in [0.1, 0.15) is 13.8 Å². The molecule has 1 N–H and O–H groups in total. The van der Waals surface area contributed by atoms with Crippen molar-refractivity contribution in [2.45, 2.75) is 34.3 Å². The van der Waals surface area contributed by atoms with Gasteiger partial charge in [0.15, 0.2) is 15.2 Å². The third-order valence-electron chi connectivity index (χ3n) is 3.28. The number of fused-ring (bicyclic) bond motifs is 1. The van der Waals surface area contributed by atoms with Gasteiger partial charge in [0, 0.05) is 0 Å². The molecule has 2 aliphatic heterocycles. The second-order valence-electron chi connectivity index (χ2n) is 4.58. The molecule has 2 rings (SSSR count). The summed E-state index contributed by atoms with van der Waals surface area (Å²) in [6.45, 7) is 2.49. The van der Waals surface area contributed by atoms with E-state index in [-0.39, 0.29) is 0 Å². The Bertz CT molecular complexity index is 526. The van der Waals surface area contributed by atoms with E-state index >= 15 is 0 Å². The van der Waals surface area contributed by atoms with E-state index < -0.39 is 42.2 Å². The highest BCUT2D eigenvalue weighted by Crippen LogP contribution is 2.54. The topological polar surface area (TPSA) is 91.8 Å². The molecule has 0 aromatic heterocycles. The molecule has 0 aromatic rings. The molecule has 1 amide bonds. The lowest BCUT2D eigenvalue weighted by atomic mass is 9.98. The molecular weight excluding hydrogens is 293 g/mol. The minimum absolute atomic E-state index is 0.734. The number of sulfone groups is 1. The highest BCUT2D eigenvalue weighted by Gasteiger charge is 2.78. The summed E-state index contributed by atoms with van der Waals surface area (Å²) in [4.78, 5) is 23.4. The predicted molar refractivity (Wildman–Crippen MR) is 59.5 cm³/mol. The number of β-lactam (4-membered cyclic amide) rings is 1. The average Bonchev–Trinajstić information content (AvgIpc) is 2.29. The molecule has 9 heteroatoms. The van der Waals surface area contributed by atoms with E-state index in [0.717, 1.165) is 4.90 Å². The van der Waals surface area contributed by atoms with Crippen LogP contribution in [0.2, 0.25) is 0 Å². The van der Waals surface area contributed by atoms with E-state index in [2.05, 4.69) is 0 Å². The number of alkyl halides is 2. The van der Waals surface area contributed by atoms with E-state index in [4.69, 9.17) is 28.3 Å². The van der Waals surface area contributed by atoms with Gasteiger partial charge in [-0.05, 0) is 13.8 Å². The lowest BCUT2D eigenvalue weighted by molar-refractivity contribution is -0.158. The fourth-order valence-corrected chi connectivity index (χ4v) is 5.50. The fourth-order valence-electron chi connectivity index (χ4n) is 2.28. The first-order valence-electron chi connectivity index (χ1n) is 4.64. The number of carboxylic acids is 1. The van der Waals surface area contributed by atoms with E-state index in [0.29, 0.717) is 0 Å². The Morgan fingerprint density at radius 2 is 1.88 bits per heavy atom. The summed E-state index contributed by atoms with van der Waals surface area (Å²) in [5.41, 5.74) is 0. The van der Waals surface area contributed by atoms with Gasteiger partial charge in [0.05, 0.1) is 0 Å². The van der Waals surface area contributed by atoms with Gasteiger partial charge >= 0.3 is 5.97 Å². The number of hydrogen-bond acceptors (Lipinski definition) is 4. The monoisotopic (exact) mass is 301 g/mol. The van der Waals surface area contributed by atoms with Gasteiger partial charge in [0.25, 0.3) is 5.91 Å². The summed E-state index contributed by atoms with van der Waals surface area (Å²) in [6, 6.07) is -1.46. The summed E-state index contributed by atoms with van der Waals surface area (Å²) in [6.07, 6.45) is 0. The van der Waals surface area contributed by atoms with Crippen molar-refractivity contribution in [2.24, 2.45) is 0 Å². The van der Waals surface area contributed by atoms with Crippen LogP contribution in [0.3, 0.4) is 0 Å². The summed E-state index contributed by atoms with van der Waals surface area (Å²) in [7, 11) is -3.94. The van der Waals surface area contributed by atoms with Gasteiger partial charge in [-0.1, -0.05) is 23.2 Å². The minimum atomic E-state index is -3.94. The number of hydrogen-bond donors (Lipinski definition) is 1. The maximum absolute atomic E-state index is 12.1. The predicted octanol–water partition coefficient (Wildman–Crippen LogP) is -0.0112. The van der Waals surface area contributed by atoms with Crippen molar-refractivity contribution in [1.29, 1.82) is 0 Å². The first-order valence-corrected chi connectivity index (χ1v) is 6.94. The van der Waals surface area contributed by atoms with Crippen LogP contribution in [0, 0.1) is 0 Å². The number of carbonyl (C=O) groups is 2. The number of halogens is 2. The van der Waals surface area contributed by atoms with Crippen LogP contribution in [0.5, 0.6) is 0 Å². The maximum Gasteiger partial charge on any atom is 0.328 e. The fraction of sp³-hybridized carbons (Fsp3) is 0.750. The van der Waals surface area contributed by atoms with Crippen LogP contribution < -0.4 is 0 Å². The molecule has 0 aliphatic carbocycles. The Morgan fingerprint density at radius 1 is 1.41 bits per heavy atom. The summed E-state index contributed by atoms with van der Waals surface area (Å²) in [5, 5.41) is 7.56. The number of nitrogens with zero attached hydrogens (tertiary/aromatic N) is 1. The molecule has 0 saturated carbocycles. The van der Waals surface area contributed by atoms with E-state index in [9.17, 15) is 18.0 Å². The molecule has 0 aromatic carbocycles. The van der Waals surface area contributed by atoms with Crippen LogP contribution in [0.15, 0.2) is 0 Å². The van der Waals surface area contributed by atoms with Crippen molar-refractivity contribution in [3.8, 4) is 0 Å². The number of rotatable bonds is 1. The van der Waals surface area contributed by atoms with Crippen LogP contribution >= 0.6 is 23.2 Å². The summed E-state index contributed by atoms with van der Waals surface area (Å²) in [5.74, 6) is -2.27. The van der Waals surface area contributed by atoms with Gasteiger partial charge in [-0.2, -0.15) is 0 Å². The summed E-state index contributed by atoms with van der Waals surface area (Å²) >= 11 is 11.3. The molecule has 0 unspecified atom stereocenters. The zero-order valence-corrected chi connectivity index (χ0v) is 11.2. The largest absolute Gasteiger partial charge is 0.480 e. The van der Waals surface area contributed by atoms with E-state index in [1.54, 1.807) is 0 Å². The Hall–Kier alpha value is -0.530. The van der Waals surface area contributed by atoms with Gasteiger partial charge < -0.3 is 10.0 Å². The first kappa shape index (κ1) is 12.9. The molecular formula is C8H9Cl2NO5S. The Balaban J connectivity index is 2.65. The van der Waals surface area contributed by atoms with E-state index in [1.807, 2.05) is 0 Å². The first-order chi connectivity index (χ1) is 7.47. The quantitative estimate of drug-likeness (QED) is 0.543. The van der Waals surface area contributed by atoms with E-state index in [1.165, 1.54) is 13.8 Å². The van der Waals surface area contributed by atoms with Gasteiger partial charge in [-0.3, -0.25) is 4.79 Å². The highest BCUT2D eigenvalue weighted by molar-refractivity contribution is 7.94. The van der Waals surface area contributed by atoms with Crippen LogP contribution in [-0.4, -0.2) is 50.8 Å². The Morgan fingerprint density at radius 3 is 2.29 bits per heavy atom. The van der Waals surface area contributed by atoms with Crippen LogP contribution in [0.25, 0.3) is 0 Å². The number of carboxylic acid groups (broad SMARTS) is 1. The van der Waals surface area contributed by atoms with Crippen LogP contribution in [0.4, 0.5) is 0 Å². The summed E-state index contributed by atoms with van der Waals surface area (Å²) < 4.78 is 20.5. The van der Waals surface area contributed by atoms with Gasteiger partial charge in [-0.25, -0.2) is 13.2 Å². The Kier molecular flexibility index (Phi) is 2.33. The zero-order valence-electron chi connectivity index (χ0n) is 8.85. The van der Waals surface area contributed by atoms with Gasteiger partial charge in [0.1, 0.15) is 10.8 Å². The van der Waals surface area contributed by atoms with Crippen molar-refractivity contribution < 1.29 is 23.1 Å². The van der Waals surface area contributed by atoms with Crippen molar-refractivity contribution >= 4 is 44.9 Å². The second-order valence-corrected chi connectivity index (χ2v) is 8.55. The normalized spacial score (nSPS) is 36.2. The lowest BCUT2D eigenvalue weighted by Gasteiger charge is -2.44. The smallest absolute Gasteiger partial charge is 0.328 e. The molecule has 2 atom stereocenters. The number of carbonyl (C=O) groups excluding carboxylic acids is 1. The van der Waals surface area contributed by atoms with Crippen molar-refractivity contribution in [2.75, 3.05) is 0 Å². The second kappa shape index (κ2) is 3.07. The number of aliphatic carboxylic acids is 1. The third kappa shape index (κ3) is 1.19. The molecule has 2 heterocycles. The highest BCUT2D eigenvalue weighted by atomic mass is 35.5. The van der Waals surface area contributed by atoms with Crippen LogP contribution in [-0.2, 0) is 19.4 Å². The molecule has 0 radical (unpaired) electrons. The zero-order chi connectivity index (χ0) is 13.4. The maximum atomic E-state index is 12.1. The van der Waals surface area contributed by atoms with Gasteiger partial charge in [-0.15, -0.1) is 0 Å². The average molecular weight is 302 g/mol. The SMILES string of the molecule is CC1(C)[C@H](C(=O)O)N2C(=O)C(Cl)(Cl)[C@H]2S1(=O)=O. The molecule has 2 aliphatic rings. The number of amides is 1. The third-order valence-corrected chi connectivity index (χ3v) is 7.13. The molecule has 2 saturated heterocycles. The minimum Gasteiger partial charge on any atom is -0.480 e. The van der Waals surface area contributed by atoms with Crippen molar-refractivity contribution in [3.05, 3.63) is 0 Å². The van der Waals surface area contributed by atoms with Crippen molar-refractivity contribution in [3.63, 3.8) is 0 Å².